The summed E-state index contributed by atoms with van der Waals surface area (Å²) in [6.45, 7) is 11.0. The molecule has 178 valence electrons. The molecule has 2 atom stereocenters. The third kappa shape index (κ3) is 6.37. The van der Waals surface area contributed by atoms with Gasteiger partial charge in [0.1, 0.15) is 0 Å². The lowest BCUT2D eigenvalue weighted by molar-refractivity contribution is -0.136. The van der Waals surface area contributed by atoms with Crippen LogP contribution < -0.4 is 5.32 Å². The molecule has 1 aliphatic carbocycles. The van der Waals surface area contributed by atoms with Gasteiger partial charge in [-0.05, 0) is 60.1 Å². The molecule has 0 saturated heterocycles. The monoisotopic (exact) mass is 449 g/mol. The first-order valence-electron chi connectivity index (χ1n) is 12.4. The molecule has 1 aromatic heterocycles. The number of carboxylic acid groups (broad SMARTS) is 1. The Morgan fingerprint density at radius 2 is 1.85 bits per heavy atom. The number of nitrogens with one attached hydrogen (secondary N) is 1. The van der Waals surface area contributed by atoms with Crippen LogP contribution in [0.4, 0.5) is 11.6 Å². The SMILES string of the molecule is CC1CCCC(n2c(Nc3ccc(C(C)C)cc3)nc3cc(CC(=O)O)ccc32)C1.CCC. The smallest absolute Gasteiger partial charge is 0.307 e. The lowest BCUT2D eigenvalue weighted by Gasteiger charge is -2.29. The van der Waals surface area contributed by atoms with E-state index in [4.69, 9.17) is 10.1 Å². The van der Waals surface area contributed by atoms with E-state index in [1.165, 1.54) is 24.8 Å². The minimum atomic E-state index is -0.821. The maximum atomic E-state index is 11.1. The molecule has 1 aliphatic rings. The molecule has 2 aromatic carbocycles. The molecular formula is C28H39N3O2. The molecule has 0 aliphatic heterocycles. The molecule has 1 fully saturated rings. The van der Waals surface area contributed by atoms with Crippen LogP contribution in [0.2, 0.25) is 0 Å². The van der Waals surface area contributed by atoms with Crippen molar-refractivity contribution in [1.29, 1.82) is 0 Å². The van der Waals surface area contributed by atoms with Gasteiger partial charge in [-0.2, -0.15) is 0 Å². The summed E-state index contributed by atoms with van der Waals surface area (Å²) in [7, 11) is 0. The van der Waals surface area contributed by atoms with E-state index in [0.29, 0.717) is 17.9 Å². The van der Waals surface area contributed by atoms with Gasteiger partial charge in [-0.25, -0.2) is 4.98 Å². The Hall–Kier alpha value is -2.82. The Balaban J connectivity index is 0.000000968. The van der Waals surface area contributed by atoms with Gasteiger partial charge in [0.2, 0.25) is 5.95 Å². The van der Waals surface area contributed by atoms with Crippen LogP contribution in [0.25, 0.3) is 11.0 Å². The molecule has 2 N–H and O–H groups in total. The number of anilines is 2. The number of nitrogens with zero attached hydrogens (tertiary/aromatic N) is 2. The van der Waals surface area contributed by atoms with Gasteiger partial charge in [0.15, 0.2) is 0 Å². The summed E-state index contributed by atoms with van der Waals surface area (Å²) < 4.78 is 2.34. The highest BCUT2D eigenvalue weighted by Gasteiger charge is 2.25. The highest BCUT2D eigenvalue weighted by Crippen LogP contribution is 2.37. The first-order valence-corrected chi connectivity index (χ1v) is 12.4. The number of carbonyl (C=O) groups is 1. The normalized spacial score (nSPS) is 18.1. The second-order valence-corrected chi connectivity index (χ2v) is 9.73. The summed E-state index contributed by atoms with van der Waals surface area (Å²) in [6, 6.07) is 14.8. The van der Waals surface area contributed by atoms with Crippen LogP contribution >= 0.6 is 0 Å². The Morgan fingerprint density at radius 1 is 1.15 bits per heavy atom. The lowest BCUT2D eigenvalue weighted by Crippen LogP contribution is -2.19. The van der Waals surface area contributed by atoms with Crippen LogP contribution in [-0.2, 0) is 11.2 Å². The second kappa shape index (κ2) is 11.4. The van der Waals surface area contributed by atoms with Gasteiger partial charge in [0, 0.05) is 11.7 Å². The van der Waals surface area contributed by atoms with Crippen LogP contribution in [-0.4, -0.2) is 20.6 Å². The molecule has 1 heterocycles. The summed E-state index contributed by atoms with van der Waals surface area (Å²) in [4.78, 5) is 16.0. The molecule has 2 unspecified atom stereocenters. The molecule has 0 radical (unpaired) electrons. The number of carboxylic acids is 1. The van der Waals surface area contributed by atoms with Gasteiger partial charge in [0.05, 0.1) is 17.5 Å². The molecule has 0 amide bonds. The van der Waals surface area contributed by atoms with Crippen molar-refractivity contribution in [1.82, 2.24) is 9.55 Å². The van der Waals surface area contributed by atoms with Gasteiger partial charge in [-0.15, -0.1) is 0 Å². The minimum Gasteiger partial charge on any atom is -0.481 e. The quantitative estimate of drug-likeness (QED) is 0.404. The van der Waals surface area contributed by atoms with Crippen molar-refractivity contribution >= 4 is 28.6 Å². The van der Waals surface area contributed by atoms with Crippen molar-refractivity contribution in [2.24, 2.45) is 5.92 Å². The minimum absolute atomic E-state index is 0.0166. The van der Waals surface area contributed by atoms with Crippen molar-refractivity contribution in [2.45, 2.75) is 85.1 Å². The fourth-order valence-electron chi connectivity index (χ4n) is 4.60. The summed E-state index contributed by atoms with van der Waals surface area (Å²) in [6.07, 6.45) is 6.07. The molecule has 33 heavy (non-hydrogen) atoms. The number of aromatic nitrogens is 2. The van der Waals surface area contributed by atoms with E-state index >= 15 is 0 Å². The average molecular weight is 450 g/mol. The largest absolute Gasteiger partial charge is 0.481 e. The topological polar surface area (TPSA) is 67.2 Å². The van der Waals surface area contributed by atoms with Crippen molar-refractivity contribution < 1.29 is 9.90 Å². The Kier molecular flexibility index (Phi) is 8.54. The van der Waals surface area contributed by atoms with Gasteiger partial charge >= 0.3 is 5.97 Å². The summed E-state index contributed by atoms with van der Waals surface area (Å²) in [5, 5.41) is 12.7. The first kappa shape index (κ1) is 24.8. The maximum absolute atomic E-state index is 11.1. The zero-order valence-electron chi connectivity index (χ0n) is 20.8. The zero-order chi connectivity index (χ0) is 24.0. The maximum Gasteiger partial charge on any atom is 0.307 e. The molecule has 0 spiro atoms. The molecule has 5 heteroatoms. The third-order valence-corrected chi connectivity index (χ3v) is 6.22. The van der Waals surface area contributed by atoms with E-state index in [-0.39, 0.29) is 6.42 Å². The van der Waals surface area contributed by atoms with E-state index < -0.39 is 5.97 Å². The lowest BCUT2D eigenvalue weighted by atomic mass is 9.87. The number of hydrogen-bond acceptors (Lipinski definition) is 3. The van der Waals surface area contributed by atoms with E-state index in [9.17, 15) is 4.79 Å². The van der Waals surface area contributed by atoms with Crippen molar-refractivity contribution in [3.8, 4) is 0 Å². The van der Waals surface area contributed by atoms with Crippen molar-refractivity contribution in [3.05, 3.63) is 53.6 Å². The predicted octanol–water partition coefficient (Wildman–Crippen LogP) is 7.70. The van der Waals surface area contributed by atoms with Gasteiger partial charge in [0.25, 0.3) is 0 Å². The third-order valence-electron chi connectivity index (χ3n) is 6.22. The number of hydrogen-bond donors (Lipinski definition) is 2. The van der Waals surface area contributed by atoms with Gasteiger partial charge < -0.3 is 15.0 Å². The van der Waals surface area contributed by atoms with E-state index in [1.807, 2.05) is 18.2 Å². The van der Waals surface area contributed by atoms with E-state index in [2.05, 4.69) is 68.8 Å². The van der Waals surface area contributed by atoms with E-state index in [0.717, 1.165) is 41.1 Å². The molecule has 0 bridgehead atoms. The summed E-state index contributed by atoms with van der Waals surface area (Å²) >= 11 is 0. The molecule has 4 rings (SSSR count). The Morgan fingerprint density at radius 3 is 2.45 bits per heavy atom. The van der Waals surface area contributed by atoms with Crippen molar-refractivity contribution in [2.75, 3.05) is 5.32 Å². The zero-order valence-corrected chi connectivity index (χ0v) is 20.8. The molecule has 3 aromatic rings. The highest BCUT2D eigenvalue weighted by atomic mass is 16.4. The summed E-state index contributed by atoms with van der Waals surface area (Å²) in [5.74, 6) is 1.22. The van der Waals surface area contributed by atoms with Gasteiger partial charge in [-0.1, -0.05) is 72.1 Å². The molecule has 1 saturated carbocycles. The number of aliphatic carboxylic acids is 1. The van der Waals surface area contributed by atoms with Gasteiger partial charge in [-0.3, -0.25) is 4.79 Å². The van der Waals surface area contributed by atoms with Crippen LogP contribution in [0.5, 0.6) is 0 Å². The predicted molar refractivity (Wildman–Crippen MR) is 138 cm³/mol. The molecular weight excluding hydrogens is 410 g/mol. The summed E-state index contributed by atoms with van der Waals surface area (Å²) in [5.41, 5.74) is 5.04. The second-order valence-electron chi connectivity index (χ2n) is 9.73. The standard InChI is InChI=1S/C25H31N3O2.C3H8/c1-16(2)19-8-10-20(11-9-19)26-25-27-22-14-18(15-24(29)30)7-12-23(22)28(25)21-6-4-5-17(3)13-21;1-3-2/h7-12,14,16-17,21H,4-6,13,15H2,1-3H3,(H,26,27)(H,29,30);3H2,1-2H3. The molecule has 5 nitrogen and oxygen atoms in total. The fourth-order valence-corrected chi connectivity index (χ4v) is 4.60. The average Bonchev–Trinajstić information content (AvgIpc) is 3.11. The number of imidazole rings is 1. The Bertz CT molecular complexity index is 1050. The first-order chi connectivity index (χ1) is 15.8. The number of benzene rings is 2. The van der Waals surface area contributed by atoms with E-state index in [1.54, 1.807) is 0 Å². The van der Waals surface area contributed by atoms with Crippen LogP contribution in [0.1, 0.15) is 89.8 Å². The van der Waals surface area contributed by atoms with Crippen molar-refractivity contribution in [3.63, 3.8) is 0 Å². The van der Waals surface area contributed by atoms with Crippen LogP contribution in [0.3, 0.4) is 0 Å². The van der Waals surface area contributed by atoms with Crippen LogP contribution in [0, 0.1) is 5.92 Å². The number of fused-ring (bicyclic) bond motifs is 1. The fraction of sp³-hybridized carbons (Fsp3) is 0.500. The highest BCUT2D eigenvalue weighted by molar-refractivity contribution is 5.82. The Labute approximate surface area is 198 Å². The van der Waals surface area contributed by atoms with Crippen LogP contribution in [0.15, 0.2) is 42.5 Å². The number of rotatable bonds is 6.